The Kier molecular flexibility index (Phi) is 9.41. The molecule has 1 unspecified atom stereocenters. The first-order valence-electron chi connectivity index (χ1n) is 13.1. The van der Waals surface area contributed by atoms with Gasteiger partial charge in [-0.2, -0.15) is 13.2 Å². The molecular formula is C28H34F3N7O2S. The number of aromatic nitrogens is 1. The van der Waals surface area contributed by atoms with Crippen molar-refractivity contribution < 1.29 is 22.7 Å². The molecule has 41 heavy (non-hydrogen) atoms. The second kappa shape index (κ2) is 12.8. The number of carbonyl (C=O) groups excluding carboxylic acids is 1. The highest BCUT2D eigenvalue weighted by Crippen LogP contribution is 2.35. The first kappa shape index (κ1) is 30.2. The van der Waals surface area contributed by atoms with E-state index >= 15 is 0 Å². The largest absolute Gasteiger partial charge is 0.493 e. The van der Waals surface area contributed by atoms with Crippen LogP contribution in [0.5, 0.6) is 5.75 Å². The monoisotopic (exact) mass is 589 g/mol. The summed E-state index contributed by atoms with van der Waals surface area (Å²) in [7, 11) is 3.78. The Balaban J connectivity index is 1.50. The van der Waals surface area contributed by atoms with Crippen LogP contribution in [0.25, 0.3) is 5.70 Å². The summed E-state index contributed by atoms with van der Waals surface area (Å²) >= 11 is 1.35. The van der Waals surface area contributed by atoms with Crippen molar-refractivity contribution in [1.82, 2.24) is 9.88 Å². The first-order valence-corrected chi connectivity index (χ1v) is 13.9. The Bertz CT molecular complexity index is 1410. The fourth-order valence-corrected chi connectivity index (χ4v) is 5.31. The number of thiazole rings is 1. The van der Waals surface area contributed by atoms with Gasteiger partial charge >= 0.3 is 6.18 Å². The minimum atomic E-state index is -4.61. The van der Waals surface area contributed by atoms with E-state index in [0.29, 0.717) is 33.9 Å². The van der Waals surface area contributed by atoms with Gasteiger partial charge in [0, 0.05) is 42.8 Å². The molecule has 1 aromatic heterocycles. The fraction of sp³-hybridized carbons (Fsp3) is 0.357. The maximum Gasteiger partial charge on any atom is 0.416 e. The van der Waals surface area contributed by atoms with E-state index in [0.717, 1.165) is 37.1 Å². The molecule has 1 saturated heterocycles. The number of benzene rings is 2. The standard InChI is InChI=1S/C28H34F3N7O2S/c1-17-6-7-18(11-24(17)38(33)16-23(32)25-15-35-27(34-2)41-25)26(39)36-20-12-19(28(29,30)31)13-22(14-20)40-10-8-21-5-4-9-37(21)3/h6-7,11-16,21H,4-5,8-10,32-33H2,1-3H3,(H,34,35)(H,36,39)/b23-16-. The number of alkyl halides is 3. The highest BCUT2D eigenvalue weighted by molar-refractivity contribution is 7.16. The number of hydrazine groups is 1. The van der Waals surface area contributed by atoms with Crippen molar-refractivity contribution in [1.29, 1.82) is 0 Å². The summed E-state index contributed by atoms with van der Waals surface area (Å²) in [6.45, 7) is 3.08. The molecule has 1 aliphatic heterocycles. The predicted molar refractivity (Wildman–Crippen MR) is 157 cm³/mol. The number of amides is 1. The summed E-state index contributed by atoms with van der Waals surface area (Å²) in [5, 5.41) is 7.49. The summed E-state index contributed by atoms with van der Waals surface area (Å²) in [5.74, 6) is 5.69. The van der Waals surface area contributed by atoms with E-state index in [1.165, 1.54) is 28.6 Å². The minimum absolute atomic E-state index is 0.0285. The molecule has 4 rings (SSSR count). The molecule has 13 heteroatoms. The number of nitrogens with zero attached hydrogens (tertiary/aromatic N) is 3. The number of ether oxygens (including phenoxy) is 1. The van der Waals surface area contributed by atoms with Crippen LogP contribution in [0.3, 0.4) is 0 Å². The predicted octanol–water partition coefficient (Wildman–Crippen LogP) is 5.26. The number of nitrogens with one attached hydrogen (secondary N) is 2. The van der Waals surface area contributed by atoms with Gasteiger partial charge in [0.25, 0.3) is 5.91 Å². The third-order valence-corrected chi connectivity index (χ3v) is 7.98. The average Bonchev–Trinajstić information content (AvgIpc) is 3.57. The molecule has 1 aliphatic rings. The van der Waals surface area contributed by atoms with Gasteiger partial charge in [0.2, 0.25) is 0 Å². The summed E-state index contributed by atoms with van der Waals surface area (Å²) in [6, 6.07) is 8.38. The first-order chi connectivity index (χ1) is 19.4. The maximum atomic E-state index is 13.6. The summed E-state index contributed by atoms with van der Waals surface area (Å²) in [5.41, 5.74) is 7.07. The van der Waals surface area contributed by atoms with Crippen molar-refractivity contribution in [3.8, 4) is 5.75 Å². The maximum absolute atomic E-state index is 13.6. The van der Waals surface area contributed by atoms with Gasteiger partial charge in [-0.25, -0.2) is 10.8 Å². The zero-order valence-electron chi connectivity index (χ0n) is 23.1. The van der Waals surface area contributed by atoms with Gasteiger partial charge in [-0.3, -0.25) is 9.80 Å². The number of nitrogens with two attached hydrogens (primary N) is 2. The van der Waals surface area contributed by atoms with Gasteiger partial charge in [0.1, 0.15) is 5.75 Å². The highest BCUT2D eigenvalue weighted by atomic mass is 32.1. The molecule has 3 aromatic rings. The van der Waals surface area contributed by atoms with E-state index in [1.54, 1.807) is 31.4 Å². The van der Waals surface area contributed by atoms with Crippen molar-refractivity contribution in [2.75, 3.05) is 42.9 Å². The van der Waals surface area contributed by atoms with Crippen LogP contribution >= 0.6 is 11.3 Å². The van der Waals surface area contributed by atoms with Crippen molar-refractivity contribution in [3.63, 3.8) is 0 Å². The molecule has 0 bridgehead atoms. The van der Waals surface area contributed by atoms with Crippen molar-refractivity contribution >= 4 is 39.4 Å². The van der Waals surface area contributed by atoms with Gasteiger partial charge in [0.15, 0.2) is 5.13 Å². The number of hydrogen-bond donors (Lipinski definition) is 4. The number of anilines is 3. The molecule has 1 fully saturated rings. The molecule has 0 aliphatic carbocycles. The zero-order chi connectivity index (χ0) is 29.7. The van der Waals surface area contributed by atoms with E-state index < -0.39 is 17.6 Å². The number of carbonyl (C=O) groups is 1. The van der Waals surface area contributed by atoms with Crippen LogP contribution in [0, 0.1) is 6.92 Å². The molecule has 0 saturated carbocycles. The number of likely N-dealkylation sites (tertiary alicyclic amines) is 1. The lowest BCUT2D eigenvalue weighted by molar-refractivity contribution is -0.137. The molecule has 1 amide bonds. The van der Waals surface area contributed by atoms with Crippen LogP contribution in [-0.2, 0) is 6.18 Å². The van der Waals surface area contributed by atoms with Crippen LogP contribution in [-0.4, -0.2) is 49.1 Å². The molecule has 6 N–H and O–H groups in total. The lowest BCUT2D eigenvalue weighted by atomic mass is 10.1. The van der Waals surface area contributed by atoms with Crippen LogP contribution in [0.2, 0.25) is 0 Å². The van der Waals surface area contributed by atoms with Gasteiger partial charge in [-0.1, -0.05) is 17.4 Å². The number of hydrogen-bond acceptors (Lipinski definition) is 9. The van der Waals surface area contributed by atoms with E-state index in [2.05, 4.69) is 20.5 Å². The van der Waals surface area contributed by atoms with Crippen LogP contribution < -0.4 is 32.0 Å². The Morgan fingerprint density at radius 1 is 1.29 bits per heavy atom. The molecular weight excluding hydrogens is 555 g/mol. The van der Waals surface area contributed by atoms with Gasteiger partial charge < -0.3 is 26.0 Å². The van der Waals surface area contributed by atoms with Crippen molar-refractivity contribution in [3.05, 3.63) is 70.4 Å². The Morgan fingerprint density at radius 3 is 2.73 bits per heavy atom. The second-order valence-electron chi connectivity index (χ2n) is 9.88. The van der Waals surface area contributed by atoms with Gasteiger partial charge in [-0.05, 0) is 69.6 Å². The second-order valence-corrected chi connectivity index (χ2v) is 10.9. The van der Waals surface area contributed by atoms with E-state index in [-0.39, 0.29) is 23.6 Å². The summed E-state index contributed by atoms with van der Waals surface area (Å²) < 4.78 is 46.6. The summed E-state index contributed by atoms with van der Waals surface area (Å²) in [4.78, 5) is 20.2. The average molecular weight is 590 g/mol. The normalized spacial score (nSPS) is 16.1. The molecule has 220 valence electrons. The smallest absolute Gasteiger partial charge is 0.416 e. The molecule has 0 radical (unpaired) electrons. The molecule has 2 aromatic carbocycles. The van der Waals surface area contributed by atoms with Crippen LogP contribution in [0.4, 0.5) is 29.7 Å². The third kappa shape index (κ3) is 7.69. The minimum Gasteiger partial charge on any atom is -0.493 e. The van der Waals surface area contributed by atoms with Crippen molar-refractivity contribution in [2.45, 2.75) is 38.4 Å². The Hall–Kier alpha value is -3.81. The van der Waals surface area contributed by atoms with Gasteiger partial charge in [0.05, 0.1) is 28.4 Å². The molecule has 0 spiro atoms. The molecule has 9 nitrogen and oxygen atoms in total. The zero-order valence-corrected chi connectivity index (χ0v) is 23.9. The lowest BCUT2D eigenvalue weighted by Crippen LogP contribution is -2.27. The van der Waals surface area contributed by atoms with Crippen LogP contribution in [0.1, 0.15) is 45.6 Å². The topological polar surface area (TPSA) is 122 Å². The Morgan fingerprint density at radius 2 is 2.07 bits per heavy atom. The molecule has 2 heterocycles. The van der Waals surface area contributed by atoms with E-state index in [4.69, 9.17) is 16.3 Å². The SMILES string of the molecule is CNc1ncc(/C(N)=C/N(N)c2cc(C(=O)Nc3cc(OCCC4CCCN4C)cc(C(F)(F)F)c3)ccc2C)s1. The lowest BCUT2D eigenvalue weighted by Gasteiger charge is -2.20. The van der Waals surface area contributed by atoms with Crippen molar-refractivity contribution in [2.24, 2.45) is 11.6 Å². The molecule has 1 atom stereocenters. The number of halogens is 3. The third-order valence-electron chi connectivity index (χ3n) is 6.91. The summed E-state index contributed by atoms with van der Waals surface area (Å²) in [6.07, 6.45) is 1.35. The van der Waals surface area contributed by atoms with E-state index in [9.17, 15) is 18.0 Å². The quantitative estimate of drug-likeness (QED) is 0.187. The Labute approximate surface area is 240 Å². The number of aryl methyl sites for hydroxylation is 1. The van der Waals surface area contributed by atoms with E-state index in [1.807, 2.05) is 14.0 Å². The van der Waals surface area contributed by atoms with Gasteiger partial charge in [-0.15, -0.1) is 0 Å². The highest BCUT2D eigenvalue weighted by Gasteiger charge is 2.32. The number of rotatable bonds is 10. The van der Waals surface area contributed by atoms with Crippen LogP contribution in [0.15, 0.2) is 48.8 Å². The fourth-order valence-electron chi connectivity index (χ4n) is 4.61.